The summed E-state index contributed by atoms with van der Waals surface area (Å²) in [6.45, 7) is 1.73. The van der Waals surface area contributed by atoms with E-state index in [-0.39, 0.29) is 18.4 Å². The zero-order valence-electron chi connectivity index (χ0n) is 7.69. The minimum Gasteiger partial charge on any atom is -0.427 e. The number of nitriles is 1. The van der Waals surface area contributed by atoms with Crippen LogP contribution in [0.15, 0.2) is 24.3 Å². The summed E-state index contributed by atoms with van der Waals surface area (Å²) in [6.07, 6.45) is 0.347. The molecule has 1 rings (SSSR count). The van der Waals surface area contributed by atoms with Gasteiger partial charge in [-0.15, -0.1) is 12.4 Å². The van der Waals surface area contributed by atoms with E-state index >= 15 is 0 Å². The molecule has 0 radical (unpaired) electrons. The van der Waals surface area contributed by atoms with Gasteiger partial charge in [0.25, 0.3) is 0 Å². The number of nitrogens with zero attached hydrogens (tertiary/aromatic N) is 1. The van der Waals surface area contributed by atoms with Gasteiger partial charge in [-0.05, 0) is 24.3 Å². The molecule has 14 heavy (non-hydrogen) atoms. The number of carbonyl (C=O) groups excluding carboxylic acids is 1. The van der Waals surface area contributed by atoms with Crippen molar-refractivity contribution in [1.29, 1.82) is 5.26 Å². The van der Waals surface area contributed by atoms with Gasteiger partial charge >= 0.3 is 5.97 Å². The highest BCUT2D eigenvalue weighted by molar-refractivity contribution is 5.85. The summed E-state index contributed by atoms with van der Waals surface area (Å²) in [5, 5.41) is 8.50. The second kappa shape index (κ2) is 6.01. The molecule has 0 heterocycles. The first-order valence-electron chi connectivity index (χ1n) is 3.97. The van der Waals surface area contributed by atoms with Crippen LogP contribution < -0.4 is 4.74 Å². The van der Waals surface area contributed by atoms with Crippen LogP contribution in [0.2, 0.25) is 0 Å². The average Bonchev–Trinajstić information content (AvgIpc) is 2.19. The molecule has 74 valence electrons. The van der Waals surface area contributed by atoms with Gasteiger partial charge in [0.05, 0.1) is 11.6 Å². The normalized spacial score (nSPS) is 8.29. The van der Waals surface area contributed by atoms with Gasteiger partial charge in [-0.3, -0.25) is 4.79 Å². The first kappa shape index (κ1) is 12.5. The molecule has 0 bridgehead atoms. The maximum atomic E-state index is 10.8. The van der Waals surface area contributed by atoms with Gasteiger partial charge in [0, 0.05) is 6.42 Å². The van der Waals surface area contributed by atoms with E-state index in [0.717, 1.165) is 0 Å². The number of rotatable bonds is 2. The fraction of sp³-hybridized carbons (Fsp3) is 0.200. The lowest BCUT2D eigenvalue weighted by atomic mass is 10.2. The standard InChI is InChI=1S/C10H9NO2.ClH/c1-2-10(12)13-9-5-3-8(7-11)4-6-9;/h3-6H,2H2,1H3;1H. The lowest BCUT2D eigenvalue weighted by molar-refractivity contribution is -0.134. The van der Waals surface area contributed by atoms with Gasteiger partial charge in [0.1, 0.15) is 5.75 Å². The fourth-order valence-corrected chi connectivity index (χ4v) is 0.801. The molecular weight excluding hydrogens is 202 g/mol. The van der Waals surface area contributed by atoms with Crippen LogP contribution >= 0.6 is 12.4 Å². The second-order valence-electron chi connectivity index (χ2n) is 2.46. The Bertz CT molecular complexity index is 340. The molecule has 1 aromatic carbocycles. The largest absolute Gasteiger partial charge is 0.427 e. The van der Waals surface area contributed by atoms with E-state index < -0.39 is 0 Å². The first-order chi connectivity index (χ1) is 6.26. The fourth-order valence-electron chi connectivity index (χ4n) is 0.801. The maximum Gasteiger partial charge on any atom is 0.310 e. The first-order valence-corrected chi connectivity index (χ1v) is 3.97. The van der Waals surface area contributed by atoms with Crippen molar-refractivity contribution in [2.45, 2.75) is 13.3 Å². The van der Waals surface area contributed by atoms with Crippen molar-refractivity contribution < 1.29 is 9.53 Å². The Labute approximate surface area is 88.7 Å². The Hall–Kier alpha value is -1.53. The smallest absolute Gasteiger partial charge is 0.310 e. The van der Waals surface area contributed by atoms with Crippen molar-refractivity contribution in [3.63, 3.8) is 0 Å². The van der Waals surface area contributed by atoms with E-state index in [1.165, 1.54) is 0 Å². The predicted molar refractivity (Wildman–Crippen MR) is 54.3 cm³/mol. The number of ether oxygens (including phenoxy) is 1. The highest BCUT2D eigenvalue weighted by atomic mass is 35.5. The summed E-state index contributed by atoms with van der Waals surface area (Å²) in [5.41, 5.74) is 0.552. The molecule has 0 aromatic heterocycles. The third kappa shape index (κ3) is 3.46. The third-order valence-electron chi connectivity index (χ3n) is 1.50. The van der Waals surface area contributed by atoms with Crippen molar-refractivity contribution in [2.75, 3.05) is 0 Å². The minimum atomic E-state index is -0.273. The van der Waals surface area contributed by atoms with E-state index in [4.69, 9.17) is 10.00 Å². The van der Waals surface area contributed by atoms with Crippen LogP contribution in [-0.2, 0) is 4.79 Å². The molecule has 0 spiro atoms. The van der Waals surface area contributed by atoms with Crippen LogP contribution in [0.3, 0.4) is 0 Å². The van der Waals surface area contributed by atoms with Gasteiger partial charge in [-0.25, -0.2) is 0 Å². The molecule has 1 aromatic rings. The Balaban J connectivity index is 0.00000169. The molecule has 0 aliphatic carbocycles. The Morgan fingerprint density at radius 1 is 1.43 bits per heavy atom. The van der Waals surface area contributed by atoms with Gasteiger partial charge in [0.15, 0.2) is 0 Å². The second-order valence-corrected chi connectivity index (χ2v) is 2.46. The van der Waals surface area contributed by atoms with Crippen molar-refractivity contribution in [3.05, 3.63) is 29.8 Å². The number of carbonyl (C=O) groups is 1. The molecule has 3 nitrogen and oxygen atoms in total. The van der Waals surface area contributed by atoms with E-state index in [1.807, 2.05) is 6.07 Å². The maximum absolute atomic E-state index is 10.8. The van der Waals surface area contributed by atoms with Crippen molar-refractivity contribution in [1.82, 2.24) is 0 Å². The molecule has 0 saturated carbocycles. The van der Waals surface area contributed by atoms with Gasteiger partial charge in [-0.2, -0.15) is 5.26 Å². The average molecular weight is 212 g/mol. The minimum absolute atomic E-state index is 0. The molecule has 0 aliphatic rings. The lowest BCUT2D eigenvalue weighted by Crippen LogP contribution is -2.05. The van der Waals surface area contributed by atoms with E-state index in [1.54, 1.807) is 31.2 Å². The van der Waals surface area contributed by atoms with Crippen molar-refractivity contribution >= 4 is 18.4 Å². The number of hydrogen-bond acceptors (Lipinski definition) is 3. The zero-order chi connectivity index (χ0) is 9.68. The lowest BCUT2D eigenvalue weighted by Gasteiger charge is -2.00. The molecule has 0 fully saturated rings. The van der Waals surface area contributed by atoms with Gasteiger partial charge in [0.2, 0.25) is 0 Å². The highest BCUT2D eigenvalue weighted by Crippen LogP contribution is 2.11. The molecule has 0 amide bonds. The number of benzene rings is 1. The van der Waals surface area contributed by atoms with Crippen LogP contribution in [-0.4, -0.2) is 5.97 Å². The summed E-state index contributed by atoms with van der Waals surface area (Å²) >= 11 is 0. The summed E-state index contributed by atoms with van der Waals surface area (Å²) in [4.78, 5) is 10.8. The quantitative estimate of drug-likeness (QED) is 0.557. The van der Waals surface area contributed by atoms with E-state index in [9.17, 15) is 4.79 Å². The summed E-state index contributed by atoms with van der Waals surface area (Å²) in [5.74, 6) is 0.204. The van der Waals surface area contributed by atoms with Crippen molar-refractivity contribution in [2.24, 2.45) is 0 Å². The number of esters is 1. The molecule has 0 atom stereocenters. The predicted octanol–water partition coefficient (Wildman–Crippen LogP) is 2.30. The Kier molecular flexibility index (Phi) is 5.35. The Morgan fingerprint density at radius 3 is 2.43 bits per heavy atom. The SMILES string of the molecule is CCC(=O)Oc1ccc(C#N)cc1.Cl. The molecule has 0 saturated heterocycles. The van der Waals surface area contributed by atoms with Crippen LogP contribution in [0.5, 0.6) is 5.75 Å². The molecule has 0 N–H and O–H groups in total. The van der Waals surface area contributed by atoms with E-state index in [0.29, 0.717) is 17.7 Å². The summed E-state index contributed by atoms with van der Waals surface area (Å²) < 4.78 is 4.91. The zero-order valence-corrected chi connectivity index (χ0v) is 8.50. The third-order valence-corrected chi connectivity index (χ3v) is 1.50. The van der Waals surface area contributed by atoms with Gasteiger partial charge < -0.3 is 4.74 Å². The Morgan fingerprint density at radius 2 is 2.00 bits per heavy atom. The number of hydrogen-bond donors (Lipinski definition) is 0. The molecular formula is C10H10ClNO2. The topological polar surface area (TPSA) is 50.1 Å². The molecule has 0 aliphatic heterocycles. The van der Waals surface area contributed by atoms with Crippen LogP contribution in [0.4, 0.5) is 0 Å². The summed E-state index contributed by atoms with van der Waals surface area (Å²) in [7, 11) is 0. The van der Waals surface area contributed by atoms with Crippen LogP contribution in [0.25, 0.3) is 0 Å². The molecule has 4 heteroatoms. The molecule has 0 unspecified atom stereocenters. The highest BCUT2D eigenvalue weighted by Gasteiger charge is 2.00. The van der Waals surface area contributed by atoms with Gasteiger partial charge in [-0.1, -0.05) is 6.92 Å². The van der Waals surface area contributed by atoms with Crippen LogP contribution in [0.1, 0.15) is 18.9 Å². The monoisotopic (exact) mass is 211 g/mol. The van der Waals surface area contributed by atoms with Crippen molar-refractivity contribution in [3.8, 4) is 11.8 Å². The number of halogens is 1. The van der Waals surface area contributed by atoms with Crippen LogP contribution in [0, 0.1) is 11.3 Å². The van der Waals surface area contributed by atoms with E-state index in [2.05, 4.69) is 0 Å². The summed E-state index contributed by atoms with van der Waals surface area (Å²) in [6, 6.07) is 8.41.